The zero-order chi connectivity index (χ0) is 12.4. The minimum absolute atomic E-state index is 0.0710. The van der Waals surface area contributed by atoms with E-state index in [1.54, 1.807) is 21.0 Å². The van der Waals surface area contributed by atoms with Crippen molar-refractivity contribution in [2.75, 3.05) is 27.1 Å². The van der Waals surface area contributed by atoms with Crippen LogP contribution in [0.15, 0.2) is 12.7 Å². The van der Waals surface area contributed by atoms with Crippen LogP contribution in [0.25, 0.3) is 0 Å². The van der Waals surface area contributed by atoms with Crippen molar-refractivity contribution in [1.82, 2.24) is 0 Å². The first-order valence-corrected chi connectivity index (χ1v) is 5.05. The Balaban J connectivity index is 3.99. The molecule has 0 spiro atoms. The average Bonchev–Trinajstić information content (AvgIpc) is 2.23. The van der Waals surface area contributed by atoms with Gasteiger partial charge in [-0.05, 0) is 13.8 Å². The molecule has 0 aliphatic carbocycles. The highest BCUT2D eigenvalue weighted by atomic mass is 16.7. The second-order valence-electron chi connectivity index (χ2n) is 3.36. The standard InChI is InChI=1S/C12H20O4/c1-5-7-12(3,13)11(6-2)16-10-15-9-8-14-4/h6,11,13H,2,8-10H2,1,3-4H3/t11-,12-/m0/s1. The fourth-order valence-electron chi connectivity index (χ4n) is 1.11. The van der Waals surface area contributed by atoms with Gasteiger partial charge in [0, 0.05) is 7.11 Å². The van der Waals surface area contributed by atoms with Crippen LogP contribution in [0, 0.1) is 11.8 Å². The van der Waals surface area contributed by atoms with Crippen LogP contribution < -0.4 is 0 Å². The van der Waals surface area contributed by atoms with Gasteiger partial charge in [-0.2, -0.15) is 0 Å². The molecule has 2 atom stereocenters. The Morgan fingerprint density at radius 2 is 2.19 bits per heavy atom. The lowest BCUT2D eigenvalue weighted by Crippen LogP contribution is -2.39. The molecule has 0 aliphatic rings. The largest absolute Gasteiger partial charge is 0.382 e. The quantitative estimate of drug-likeness (QED) is 0.291. The molecule has 0 radical (unpaired) electrons. The van der Waals surface area contributed by atoms with Crippen molar-refractivity contribution in [1.29, 1.82) is 0 Å². The van der Waals surface area contributed by atoms with E-state index in [0.717, 1.165) is 0 Å². The molecule has 1 N–H and O–H groups in total. The van der Waals surface area contributed by atoms with E-state index >= 15 is 0 Å². The molecule has 4 heteroatoms. The third-order valence-electron chi connectivity index (χ3n) is 1.91. The van der Waals surface area contributed by atoms with Crippen molar-refractivity contribution in [3.63, 3.8) is 0 Å². The summed E-state index contributed by atoms with van der Waals surface area (Å²) in [7, 11) is 1.60. The number of rotatable bonds is 8. The van der Waals surface area contributed by atoms with Gasteiger partial charge in [0.1, 0.15) is 12.9 Å². The molecule has 0 rings (SSSR count). The van der Waals surface area contributed by atoms with Crippen LogP contribution in [0.4, 0.5) is 0 Å². The van der Waals surface area contributed by atoms with Gasteiger partial charge in [-0.15, -0.1) is 12.5 Å². The van der Waals surface area contributed by atoms with E-state index in [9.17, 15) is 5.11 Å². The van der Waals surface area contributed by atoms with E-state index in [0.29, 0.717) is 13.2 Å². The number of aliphatic hydroxyl groups is 1. The SMILES string of the molecule is C=C[C@H](OCOCCOC)[C@@](C)(O)C#CC. The Morgan fingerprint density at radius 1 is 1.50 bits per heavy atom. The van der Waals surface area contributed by atoms with Gasteiger partial charge in [-0.25, -0.2) is 0 Å². The second kappa shape index (κ2) is 8.31. The van der Waals surface area contributed by atoms with Crippen molar-refractivity contribution >= 4 is 0 Å². The summed E-state index contributed by atoms with van der Waals surface area (Å²) in [5, 5.41) is 9.93. The van der Waals surface area contributed by atoms with Gasteiger partial charge in [0.15, 0.2) is 5.60 Å². The third kappa shape index (κ3) is 5.89. The zero-order valence-electron chi connectivity index (χ0n) is 10.2. The van der Waals surface area contributed by atoms with E-state index in [1.165, 1.54) is 6.08 Å². The summed E-state index contributed by atoms with van der Waals surface area (Å²) >= 11 is 0. The molecule has 0 aliphatic heterocycles. The number of hydrogen-bond acceptors (Lipinski definition) is 4. The molecule has 0 unspecified atom stereocenters. The van der Waals surface area contributed by atoms with Crippen LogP contribution in [0.3, 0.4) is 0 Å². The maximum absolute atomic E-state index is 9.93. The monoisotopic (exact) mass is 228 g/mol. The topological polar surface area (TPSA) is 47.9 Å². The molecule has 0 fully saturated rings. The van der Waals surface area contributed by atoms with E-state index in [2.05, 4.69) is 18.4 Å². The maximum Gasteiger partial charge on any atom is 0.152 e. The Bertz CT molecular complexity index is 249. The van der Waals surface area contributed by atoms with Crippen molar-refractivity contribution in [2.45, 2.75) is 25.6 Å². The lowest BCUT2D eigenvalue weighted by atomic mass is 10.00. The molecule has 16 heavy (non-hydrogen) atoms. The van der Waals surface area contributed by atoms with E-state index in [4.69, 9.17) is 14.2 Å². The second-order valence-corrected chi connectivity index (χ2v) is 3.36. The number of methoxy groups -OCH3 is 1. The lowest BCUT2D eigenvalue weighted by molar-refractivity contribution is -0.125. The first kappa shape index (κ1) is 15.1. The average molecular weight is 228 g/mol. The molecule has 0 aromatic rings. The summed E-state index contributed by atoms with van der Waals surface area (Å²) in [6, 6.07) is 0. The first-order valence-electron chi connectivity index (χ1n) is 5.05. The van der Waals surface area contributed by atoms with Crippen LogP contribution in [0.5, 0.6) is 0 Å². The van der Waals surface area contributed by atoms with Gasteiger partial charge in [-0.3, -0.25) is 0 Å². The van der Waals surface area contributed by atoms with Crippen molar-refractivity contribution in [2.24, 2.45) is 0 Å². The normalized spacial score (nSPS) is 15.8. The van der Waals surface area contributed by atoms with Crippen LogP contribution in [0.1, 0.15) is 13.8 Å². The molecular formula is C12H20O4. The van der Waals surface area contributed by atoms with Gasteiger partial charge in [0.25, 0.3) is 0 Å². The predicted octanol–water partition coefficient (Wildman–Crippen LogP) is 0.952. The predicted molar refractivity (Wildman–Crippen MR) is 61.8 cm³/mol. The Labute approximate surface area is 97.2 Å². The maximum atomic E-state index is 9.93. The fraction of sp³-hybridized carbons (Fsp3) is 0.667. The molecule has 0 saturated carbocycles. The van der Waals surface area contributed by atoms with Crippen molar-refractivity contribution in [3.8, 4) is 11.8 Å². The van der Waals surface area contributed by atoms with Crippen LogP contribution >= 0.6 is 0 Å². The van der Waals surface area contributed by atoms with Crippen LogP contribution in [0.2, 0.25) is 0 Å². The van der Waals surface area contributed by atoms with Gasteiger partial charge in [0.05, 0.1) is 13.2 Å². The summed E-state index contributed by atoms with van der Waals surface area (Å²) < 4.78 is 15.2. The molecule has 0 bridgehead atoms. The van der Waals surface area contributed by atoms with Crippen molar-refractivity contribution < 1.29 is 19.3 Å². The minimum Gasteiger partial charge on any atom is -0.382 e. The Morgan fingerprint density at radius 3 is 2.69 bits per heavy atom. The summed E-state index contributed by atoms with van der Waals surface area (Å²) in [5.41, 5.74) is -1.25. The summed E-state index contributed by atoms with van der Waals surface area (Å²) in [5.74, 6) is 5.30. The number of ether oxygens (including phenoxy) is 3. The molecular weight excluding hydrogens is 208 g/mol. The van der Waals surface area contributed by atoms with Crippen LogP contribution in [-0.4, -0.2) is 43.9 Å². The minimum atomic E-state index is -1.25. The molecule has 0 amide bonds. The Kier molecular flexibility index (Phi) is 7.86. The van der Waals surface area contributed by atoms with Crippen molar-refractivity contribution in [3.05, 3.63) is 12.7 Å². The summed E-state index contributed by atoms with van der Waals surface area (Å²) in [6.07, 6.45) is 0.923. The molecule has 0 aromatic carbocycles. The summed E-state index contributed by atoms with van der Waals surface area (Å²) in [6.45, 7) is 7.85. The lowest BCUT2D eigenvalue weighted by Gasteiger charge is -2.25. The third-order valence-corrected chi connectivity index (χ3v) is 1.91. The van der Waals surface area contributed by atoms with E-state index < -0.39 is 11.7 Å². The molecule has 0 saturated heterocycles. The van der Waals surface area contributed by atoms with Gasteiger partial charge >= 0.3 is 0 Å². The zero-order valence-corrected chi connectivity index (χ0v) is 10.2. The molecule has 4 nitrogen and oxygen atoms in total. The summed E-state index contributed by atoms with van der Waals surface area (Å²) in [4.78, 5) is 0. The highest BCUT2D eigenvalue weighted by Gasteiger charge is 2.28. The highest BCUT2D eigenvalue weighted by Crippen LogP contribution is 2.13. The fourth-order valence-corrected chi connectivity index (χ4v) is 1.11. The molecule has 92 valence electrons. The number of hydrogen-bond donors (Lipinski definition) is 1. The van der Waals surface area contributed by atoms with Crippen LogP contribution in [-0.2, 0) is 14.2 Å². The van der Waals surface area contributed by atoms with Gasteiger partial charge in [0.2, 0.25) is 0 Å². The van der Waals surface area contributed by atoms with Gasteiger partial charge in [-0.1, -0.05) is 12.0 Å². The van der Waals surface area contributed by atoms with Gasteiger partial charge < -0.3 is 19.3 Å². The van der Waals surface area contributed by atoms with E-state index in [-0.39, 0.29) is 6.79 Å². The molecule has 0 heterocycles. The Hall–Kier alpha value is -0.860. The highest BCUT2D eigenvalue weighted by molar-refractivity contribution is 5.16. The first-order chi connectivity index (χ1) is 7.58. The smallest absolute Gasteiger partial charge is 0.152 e. The molecule has 0 aromatic heterocycles. The van der Waals surface area contributed by atoms with E-state index in [1.807, 2.05) is 0 Å².